The van der Waals surface area contributed by atoms with E-state index in [2.05, 4.69) is 41.4 Å². The molecule has 1 saturated heterocycles. The molecule has 0 radical (unpaired) electrons. The molecule has 3 rings (SSSR count). The zero-order valence-corrected chi connectivity index (χ0v) is 9.62. The van der Waals surface area contributed by atoms with E-state index in [1.807, 2.05) is 18.5 Å². The molecule has 0 saturated carbocycles. The molecule has 0 bridgehead atoms. The van der Waals surface area contributed by atoms with Gasteiger partial charge >= 0.3 is 0 Å². The van der Waals surface area contributed by atoms with Crippen molar-refractivity contribution in [2.75, 3.05) is 0 Å². The van der Waals surface area contributed by atoms with Gasteiger partial charge in [0.1, 0.15) is 6.10 Å². The number of hydrogen-bond acceptors (Lipinski definition) is 2. The van der Waals surface area contributed by atoms with Gasteiger partial charge in [0.05, 0.1) is 6.10 Å². The van der Waals surface area contributed by atoms with Gasteiger partial charge in [-0.15, -0.1) is 0 Å². The number of ether oxygens (including phenoxy) is 1. The van der Waals surface area contributed by atoms with E-state index >= 15 is 0 Å². The molecule has 0 spiro atoms. The second kappa shape index (κ2) is 4.68. The fraction of sp³-hybridized carbons (Fsp3) is 0.267. The Kier molecular flexibility index (Phi) is 2.88. The SMILES string of the molecule is c1ccc([C@H]2O[C@@H]2CCc2ccncc2)cc1. The standard InChI is InChI=1S/C15H15NO/c1-2-4-13(5-3-1)15-14(17-15)7-6-12-8-10-16-11-9-12/h1-5,8-11,14-15H,6-7H2/t14-,15-/m1/s1. The molecule has 1 aliphatic heterocycles. The van der Waals surface area contributed by atoms with E-state index in [1.165, 1.54) is 11.1 Å². The second-order valence-electron chi connectivity index (χ2n) is 4.40. The summed E-state index contributed by atoms with van der Waals surface area (Å²) in [5.41, 5.74) is 2.63. The Balaban J connectivity index is 1.53. The minimum Gasteiger partial charge on any atom is -0.364 e. The van der Waals surface area contributed by atoms with Crippen LogP contribution in [0.2, 0.25) is 0 Å². The molecule has 1 aromatic carbocycles. The van der Waals surface area contributed by atoms with Crippen molar-refractivity contribution in [3.05, 3.63) is 66.0 Å². The first kappa shape index (κ1) is 10.5. The van der Waals surface area contributed by atoms with E-state index in [0.29, 0.717) is 12.2 Å². The quantitative estimate of drug-likeness (QED) is 0.747. The molecule has 17 heavy (non-hydrogen) atoms. The normalized spacial score (nSPS) is 22.4. The van der Waals surface area contributed by atoms with Gasteiger partial charge in [0, 0.05) is 12.4 Å². The zero-order chi connectivity index (χ0) is 11.5. The van der Waals surface area contributed by atoms with Crippen LogP contribution in [0, 0.1) is 0 Å². The Labute approximate surface area is 101 Å². The van der Waals surface area contributed by atoms with Crippen LogP contribution in [0.3, 0.4) is 0 Å². The lowest BCUT2D eigenvalue weighted by Gasteiger charge is -1.98. The molecule has 1 aromatic heterocycles. The highest BCUT2D eigenvalue weighted by Crippen LogP contribution is 2.41. The third kappa shape index (κ3) is 2.53. The Morgan fingerprint density at radius 3 is 2.53 bits per heavy atom. The summed E-state index contributed by atoms with van der Waals surface area (Å²) in [4.78, 5) is 4.02. The van der Waals surface area contributed by atoms with E-state index in [0.717, 1.165) is 12.8 Å². The number of pyridine rings is 1. The minimum atomic E-state index is 0.318. The van der Waals surface area contributed by atoms with E-state index in [4.69, 9.17) is 4.74 Å². The molecule has 2 atom stereocenters. The van der Waals surface area contributed by atoms with Crippen molar-refractivity contribution < 1.29 is 4.74 Å². The van der Waals surface area contributed by atoms with Gasteiger partial charge in [0.15, 0.2) is 0 Å². The number of epoxide rings is 1. The summed E-state index contributed by atoms with van der Waals surface area (Å²) in [6.07, 6.45) is 6.55. The van der Waals surface area contributed by atoms with Crippen LogP contribution in [0.15, 0.2) is 54.9 Å². The van der Waals surface area contributed by atoms with Gasteiger partial charge < -0.3 is 4.74 Å². The molecule has 2 heterocycles. The van der Waals surface area contributed by atoms with Crippen molar-refractivity contribution in [1.82, 2.24) is 4.98 Å². The predicted octanol–water partition coefficient (Wildman–Crippen LogP) is 3.15. The van der Waals surface area contributed by atoms with Gasteiger partial charge in [-0.25, -0.2) is 0 Å². The van der Waals surface area contributed by atoms with Crippen LogP contribution in [0.4, 0.5) is 0 Å². The van der Waals surface area contributed by atoms with Gasteiger partial charge in [-0.1, -0.05) is 30.3 Å². The number of nitrogens with zero attached hydrogens (tertiary/aromatic N) is 1. The molecular formula is C15H15NO. The van der Waals surface area contributed by atoms with Crippen molar-refractivity contribution in [1.29, 1.82) is 0 Å². The van der Waals surface area contributed by atoms with Crippen LogP contribution >= 0.6 is 0 Å². The molecular weight excluding hydrogens is 210 g/mol. The molecule has 2 nitrogen and oxygen atoms in total. The lowest BCUT2D eigenvalue weighted by Crippen LogP contribution is -1.93. The van der Waals surface area contributed by atoms with E-state index in [1.54, 1.807) is 0 Å². The fourth-order valence-corrected chi connectivity index (χ4v) is 2.16. The van der Waals surface area contributed by atoms with Crippen LogP contribution in [-0.4, -0.2) is 11.1 Å². The highest BCUT2D eigenvalue weighted by molar-refractivity contribution is 5.22. The second-order valence-corrected chi connectivity index (χ2v) is 4.40. The molecule has 0 unspecified atom stereocenters. The minimum absolute atomic E-state index is 0.318. The molecule has 0 amide bonds. The lowest BCUT2D eigenvalue weighted by atomic mass is 10.0. The lowest BCUT2D eigenvalue weighted by molar-refractivity contribution is 0.366. The van der Waals surface area contributed by atoms with Crippen LogP contribution in [0.1, 0.15) is 23.7 Å². The summed E-state index contributed by atoms with van der Waals surface area (Å²) in [6, 6.07) is 14.6. The Morgan fingerprint density at radius 2 is 1.76 bits per heavy atom. The largest absolute Gasteiger partial charge is 0.364 e. The average Bonchev–Trinajstić information content (AvgIpc) is 3.18. The zero-order valence-electron chi connectivity index (χ0n) is 9.62. The van der Waals surface area contributed by atoms with Gasteiger partial charge in [0.2, 0.25) is 0 Å². The number of aromatic nitrogens is 1. The van der Waals surface area contributed by atoms with Crippen LogP contribution in [0.25, 0.3) is 0 Å². The van der Waals surface area contributed by atoms with Crippen LogP contribution in [-0.2, 0) is 11.2 Å². The van der Waals surface area contributed by atoms with Crippen molar-refractivity contribution >= 4 is 0 Å². The van der Waals surface area contributed by atoms with Gasteiger partial charge in [-0.2, -0.15) is 0 Å². The Morgan fingerprint density at radius 1 is 1.00 bits per heavy atom. The number of aryl methyl sites for hydroxylation is 1. The summed E-state index contributed by atoms with van der Waals surface area (Å²) in [6.45, 7) is 0. The molecule has 2 aromatic rings. The molecule has 0 N–H and O–H groups in total. The molecule has 1 aliphatic rings. The Hall–Kier alpha value is -1.67. The first-order chi connectivity index (χ1) is 8.43. The Bertz CT molecular complexity index is 469. The fourth-order valence-electron chi connectivity index (χ4n) is 2.16. The smallest absolute Gasteiger partial charge is 0.109 e. The van der Waals surface area contributed by atoms with Gasteiger partial charge in [-0.05, 0) is 36.1 Å². The van der Waals surface area contributed by atoms with Crippen LogP contribution in [0.5, 0.6) is 0 Å². The summed E-state index contributed by atoms with van der Waals surface area (Å²) >= 11 is 0. The predicted molar refractivity (Wildman–Crippen MR) is 66.6 cm³/mol. The topological polar surface area (TPSA) is 25.4 Å². The number of hydrogen-bond donors (Lipinski definition) is 0. The monoisotopic (exact) mass is 225 g/mol. The number of rotatable bonds is 4. The first-order valence-corrected chi connectivity index (χ1v) is 6.03. The third-order valence-electron chi connectivity index (χ3n) is 3.18. The van der Waals surface area contributed by atoms with Gasteiger partial charge in [-0.3, -0.25) is 4.98 Å². The highest BCUT2D eigenvalue weighted by Gasteiger charge is 2.39. The maximum atomic E-state index is 5.71. The molecule has 1 fully saturated rings. The highest BCUT2D eigenvalue weighted by atomic mass is 16.6. The maximum absolute atomic E-state index is 5.71. The first-order valence-electron chi connectivity index (χ1n) is 6.03. The van der Waals surface area contributed by atoms with E-state index in [-0.39, 0.29) is 0 Å². The summed E-state index contributed by atoms with van der Waals surface area (Å²) in [7, 11) is 0. The maximum Gasteiger partial charge on any atom is 0.109 e. The van der Waals surface area contributed by atoms with Crippen LogP contribution < -0.4 is 0 Å². The summed E-state index contributed by atoms with van der Waals surface area (Å²) in [5, 5.41) is 0. The van der Waals surface area contributed by atoms with Gasteiger partial charge in [0.25, 0.3) is 0 Å². The number of benzene rings is 1. The van der Waals surface area contributed by atoms with E-state index < -0.39 is 0 Å². The van der Waals surface area contributed by atoms with Crippen molar-refractivity contribution in [3.8, 4) is 0 Å². The summed E-state index contributed by atoms with van der Waals surface area (Å²) in [5.74, 6) is 0. The molecule has 0 aliphatic carbocycles. The summed E-state index contributed by atoms with van der Waals surface area (Å²) < 4.78 is 5.71. The molecule has 2 heteroatoms. The average molecular weight is 225 g/mol. The van der Waals surface area contributed by atoms with Crippen molar-refractivity contribution in [2.24, 2.45) is 0 Å². The van der Waals surface area contributed by atoms with E-state index in [9.17, 15) is 0 Å². The molecule has 86 valence electrons. The third-order valence-corrected chi connectivity index (χ3v) is 3.18. The van der Waals surface area contributed by atoms with Crippen molar-refractivity contribution in [2.45, 2.75) is 25.0 Å². The van der Waals surface area contributed by atoms with Crippen molar-refractivity contribution in [3.63, 3.8) is 0 Å².